The van der Waals surface area contributed by atoms with E-state index in [1.807, 2.05) is 6.08 Å². The largest absolute Gasteiger partial charge is 0.367 e. The van der Waals surface area contributed by atoms with E-state index in [1.54, 1.807) is 0 Å². The summed E-state index contributed by atoms with van der Waals surface area (Å²) < 4.78 is 13.5. The van der Waals surface area contributed by atoms with Gasteiger partial charge in [0.15, 0.2) is 0 Å². The van der Waals surface area contributed by atoms with Crippen LogP contribution >= 0.6 is 0 Å². The molecule has 0 unspecified atom stereocenters. The van der Waals surface area contributed by atoms with E-state index in [0.29, 0.717) is 0 Å². The summed E-state index contributed by atoms with van der Waals surface area (Å²) in [6, 6.07) is -0.151. The molecule has 0 aromatic heterocycles. The minimum atomic E-state index is -0.161. The Kier molecular flexibility index (Phi) is 2.84. The Morgan fingerprint density at radius 3 is 2.79 bits per heavy atom. The van der Waals surface area contributed by atoms with Crippen LogP contribution in [0.4, 0.5) is 4.39 Å². The topological polar surface area (TPSA) is 41.3 Å². The van der Waals surface area contributed by atoms with Gasteiger partial charge in [-0.3, -0.25) is 0 Å². The summed E-state index contributed by atoms with van der Waals surface area (Å²) in [6.45, 7) is 3.61. The summed E-state index contributed by atoms with van der Waals surface area (Å²) in [5.41, 5.74) is 6.35. The first kappa shape index (κ1) is 9.68. The first-order valence-electron chi connectivity index (χ1n) is 5.06. The molecule has 2 rings (SSSR count). The molecule has 1 fully saturated rings. The maximum Gasteiger partial charge on any atom is 0.143 e. The van der Waals surface area contributed by atoms with Crippen LogP contribution in [0.25, 0.3) is 0 Å². The standard InChI is InChI=1S/C10H16FN3/c11-9-7-8(12)1-2-10(9)14-5-3-13-4-6-14/h2,7-8,13H,1,3-6,12H2/t8-/m0/s1. The zero-order valence-electron chi connectivity index (χ0n) is 8.17. The van der Waals surface area contributed by atoms with Gasteiger partial charge in [0.1, 0.15) is 5.83 Å². The van der Waals surface area contributed by atoms with Gasteiger partial charge in [0.05, 0.1) is 5.70 Å². The fourth-order valence-electron chi connectivity index (χ4n) is 1.87. The third-order valence-electron chi connectivity index (χ3n) is 2.65. The molecule has 0 saturated carbocycles. The van der Waals surface area contributed by atoms with Gasteiger partial charge in [-0.1, -0.05) is 6.08 Å². The molecule has 78 valence electrons. The number of hydrogen-bond donors (Lipinski definition) is 2. The molecular weight excluding hydrogens is 181 g/mol. The van der Waals surface area contributed by atoms with Crippen LogP contribution < -0.4 is 11.1 Å². The van der Waals surface area contributed by atoms with Crippen LogP contribution in [0.2, 0.25) is 0 Å². The molecule has 1 atom stereocenters. The van der Waals surface area contributed by atoms with E-state index in [1.165, 1.54) is 6.08 Å². The van der Waals surface area contributed by atoms with Crippen molar-refractivity contribution in [1.82, 2.24) is 10.2 Å². The van der Waals surface area contributed by atoms with Gasteiger partial charge >= 0.3 is 0 Å². The van der Waals surface area contributed by atoms with Crippen LogP contribution in [0, 0.1) is 0 Å². The lowest BCUT2D eigenvalue weighted by Gasteiger charge is -2.32. The summed E-state index contributed by atoms with van der Waals surface area (Å²) >= 11 is 0. The maximum absolute atomic E-state index is 13.5. The maximum atomic E-state index is 13.5. The van der Waals surface area contributed by atoms with Gasteiger partial charge in [-0.25, -0.2) is 4.39 Å². The number of rotatable bonds is 1. The second-order valence-corrected chi connectivity index (χ2v) is 3.74. The van der Waals surface area contributed by atoms with E-state index >= 15 is 0 Å². The molecule has 1 aliphatic heterocycles. The van der Waals surface area contributed by atoms with Gasteiger partial charge < -0.3 is 16.0 Å². The van der Waals surface area contributed by atoms with Crippen LogP contribution in [0.3, 0.4) is 0 Å². The van der Waals surface area contributed by atoms with Crippen molar-refractivity contribution in [3.8, 4) is 0 Å². The monoisotopic (exact) mass is 197 g/mol. The van der Waals surface area contributed by atoms with Gasteiger partial charge in [0, 0.05) is 32.2 Å². The normalized spacial score (nSPS) is 28.4. The van der Waals surface area contributed by atoms with Gasteiger partial charge in [0.25, 0.3) is 0 Å². The number of halogens is 1. The number of nitrogens with zero attached hydrogens (tertiary/aromatic N) is 1. The first-order chi connectivity index (χ1) is 6.77. The lowest BCUT2D eigenvalue weighted by molar-refractivity contribution is 0.290. The summed E-state index contributed by atoms with van der Waals surface area (Å²) in [4.78, 5) is 2.08. The Bertz CT molecular complexity index is 267. The van der Waals surface area contributed by atoms with Crippen molar-refractivity contribution in [1.29, 1.82) is 0 Å². The van der Waals surface area contributed by atoms with Gasteiger partial charge in [-0.15, -0.1) is 0 Å². The molecule has 0 aromatic carbocycles. The summed E-state index contributed by atoms with van der Waals surface area (Å²) in [5, 5.41) is 3.24. The minimum absolute atomic E-state index is 0.151. The molecule has 0 spiro atoms. The molecule has 0 amide bonds. The van der Waals surface area contributed by atoms with E-state index in [2.05, 4.69) is 10.2 Å². The van der Waals surface area contributed by atoms with Crippen LogP contribution in [-0.4, -0.2) is 37.1 Å². The molecule has 0 aromatic rings. The Labute approximate surface area is 83.4 Å². The molecule has 14 heavy (non-hydrogen) atoms. The van der Waals surface area contributed by atoms with Crippen molar-refractivity contribution < 1.29 is 4.39 Å². The highest BCUT2D eigenvalue weighted by atomic mass is 19.1. The number of nitrogens with one attached hydrogen (secondary N) is 1. The molecule has 1 heterocycles. The second kappa shape index (κ2) is 4.11. The first-order valence-corrected chi connectivity index (χ1v) is 5.06. The van der Waals surface area contributed by atoms with Crippen molar-refractivity contribution in [2.24, 2.45) is 5.73 Å². The highest BCUT2D eigenvalue weighted by Crippen LogP contribution is 2.22. The third-order valence-corrected chi connectivity index (χ3v) is 2.65. The van der Waals surface area contributed by atoms with Gasteiger partial charge in [-0.05, 0) is 12.5 Å². The Hall–Kier alpha value is -0.870. The zero-order chi connectivity index (χ0) is 9.97. The SMILES string of the molecule is N[C@@H]1C=C(F)C(N2CCNCC2)=CC1. The van der Waals surface area contributed by atoms with Crippen molar-refractivity contribution in [3.63, 3.8) is 0 Å². The van der Waals surface area contributed by atoms with Crippen LogP contribution in [0.1, 0.15) is 6.42 Å². The molecule has 3 nitrogen and oxygen atoms in total. The number of allylic oxidation sites excluding steroid dienone is 1. The van der Waals surface area contributed by atoms with E-state index in [4.69, 9.17) is 5.73 Å². The lowest BCUT2D eigenvalue weighted by atomic mass is 10.1. The fraction of sp³-hybridized carbons (Fsp3) is 0.600. The molecule has 3 N–H and O–H groups in total. The molecule has 0 bridgehead atoms. The molecule has 1 saturated heterocycles. The predicted octanol–water partition coefficient (Wildman–Crippen LogP) is 0.360. The molecule has 1 aliphatic carbocycles. The van der Waals surface area contributed by atoms with Gasteiger partial charge in [-0.2, -0.15) is 0 Å². The predicted molar refractivity (Wildman–Crippen MR) is 54.3 cm³/mol. The Balaban J connectivity index is 2.06. The summed E-state index contributed by atoms with van der Waals surface area (Å²) in [7, 11) is 0. The lowest BCUT2D eigenvalue weighted by Crippen LogP contribution is -2.43. The van der Waals surface area contributed by atoms with Crippen molar-refractivity contribution in [2.45, 2.75) is 12.5 Å². The number of nitrogens with two attached hydrogens (primary N) is 1. The summed E-state index contributed by atoms with van der Waals surface area (Å²) in [5.74, 6) is -0.161. The molecular formula is C10H16FN3. The Morgan fingerprint density at radius 1 is 1.43 bits per heavy atom. The Morgan fingerprint density at radius 2 is 2.14 bits per heavy atom. The number of hydrogen-bond acceptors (Lipinski definition) is 3. The molecule has 4 heteroatoms. The third kappa shape index (κ3) is 1.96. The smallest absolute Gasteiger partial charge is 0.143 e. The fourth-order valence-corrected chi connectivity index (χ4v) is 1.87. The average molecular weight is 197 g/mol. The van der Waals surface area contributed by atoms with Crippen molar-refractivity contribution in [2.75, 3.05) is 26.2 Å². The quantitative estimate of drug-likeness (QED) is 0.637. The average Bonchev–Trinajstić information content (AvgIpc) is 2.19. The highest BCUT2D eigenvalue weighted by Gasteiger charge is 2.19. The summed E-state index contributed by atoms with van der Waals surface area (Å²) in [6.07, 6.45) is 4.16. The number of piperazine rings is 1. The van der Waals surface area contributed by atoms with Crippen molar-refractivity contribution >= 4 is 0 Å². The second-order valence-electron chi connectivity index (χ2n) is 3.74. The van der Waals surface area contributed by atoms with Crippen LogP contribution in [0.5, 0.6) is 0 Å². The molecule has 2 aliphatic rings. The molecule has 0 radical (unpaired) electrons. The van der Waals surface area contributed by atoms with Crippen LogP contribution in [0.15, 0.2) is 23.7 Å². The van der Waals surface area contributed by atoms with E-state index < -0.39 is 0 Å². The van der Waals surface area contributed by atoms with Gasteiger partial charge in [0.2, 0.25) is 0 Å². The van der Waals surface area contributed by atoms with Crippen molar-refractivity contribution in [3.05, 3.63) is 23.7 Å². The zero-order valence-corrected chi connectivity index (χ0v) is 8.17. The van der Waals surface area contributed by atoms with E-state index in [-0.39, 0.29) is 11.9 Å². The van der Waals surface area contributed by atoms with E-state index in [9.17, 15) is 4.39 Å². The highest BCUT2D eigenvalue weighted by molar-refractivity contribution is 5.30. The van der Waals surface area contributed by atoms with Crippen LogP contribution in [-0.2, 0) is 0 Å². The van der Waals surface area contributed by atoms with E-state index in [0.717, 1.165) is 38.3 Å². The minimum Gasteiger partial charge on any atom is -0.367 e.